The molecule has 1 aromatic heterocycles. The molecule has 2 aliphatic heterocycles. The number of carbonyl (C=O) groups is 2. The first kappa shape index (κ1) is 15.9. The number of carbonyl (C=O) groups excluding carboxylic acids is 2. The van der Waals surface area contributed by atoms with E-state index < -0.39 is 24.4 Å². The van der Waals surface area contributed by atoms with E-state index in [2.05, 4.69) is 4.98 Å². The number of aryl methyl sites for hydroxylation is 1. The molecule has 1 aromatic rings. The van der Waals surface area contributed by atoms with Gasteiger partial charge in [0.15, 0.2) is 0 Å². The number of hydrogen-bond donors (Lipinski definition) is 0. The van der Waals surface area contributed by atoms with Crippen molar-refractivity contribution in [1.29, 1.82) is 0 Å². The average molecular weight is 326 g/mol. The van der Waals surface area contributed by atoms with Crippen LogP contribution in [0.5, 0.6) is 0 Å². The summed E-state index contributed by atoms with van der Waals surface area (Å²) >= 11 is 0. The van der Waals surface area contributed by atoms with Crippen molar-refractivity contribution in [2.45, 2.75) is 31.2 Å². The second-order valence-corrected chi connectivity index (χ2v) is 6.36. The van der Waals surface area contributed by atoms with Gasteiger partial charge in [0.25, 0.3) is 5.92 Å². The molecule has 0 spiro atoms. The van der Waals surface area contributed by atoms with E-state index in [1.54, 1.807) is 31.1 Å². The molecular weight excluding hydrogens is 306 g/mol. The molecule has 2 saturated heterocycles. The van der Waals surface area contributed by atoms with Gasteiger partial charge in [0.05, 0.1) is 12.5 Å². The highest BCUT2D eigenvalue weighted by atomic mass is 19.3. The molecule has 6 nitrogen and oxygen atoms in total. The SMILES string of the molecule is CN1C(=O)CC[C@H](C(=O)N2CCC(F)(F)C2)[C@H]1c1nccn1C. The molecule has 2 atom stereocenters. The molecule has 0 aliphatic carbocycles. The van der Waals surface area contributed by atoms with Crippen molar-refractivity contribution in [2.24, 2.45) is 13.0 Å². The summed E-state index contributed by atoms with van der Waals surface area (Å²) in [4.78, 5) is 31.8. The van der Waals surface area contributed by atoms with Crippen LogP contribution < -0.4 is 0 Å². The van der Waals surface area contributed by atoms with Crippen LogP contribution in [0.15, 0.2) is 12.4 Å². The van der Waals surface area contributed by atoms with E-state index in [0.717, 1.165) is 0 Å². The topological polar surface area (TPSA) is 58.4 Å². The van der Waals surface area contributed by atoms with Crippen LogP contribution in [-0.2, 0) is 16.6 Å². The van der Waals surface area contributed by atoms with Gasteiger partial charge in [0, 0.05) is 45.9 Å². The molecule has 8 heteroatoms. The summed E-state index contributed by atoms with van der Waals surface area (Å²) in [7, 11) is 3.43. The van der Waals surface area contributed by atoms with E-state index in [4.69, 9.17) is 0 Å². The lowest BCUT2D eigenvalue weighted by atomic mass is 9.87. The molecule has 0 bridgehead atoms. The van der Waals surface area contributed by atoms with E-state index in [-0.39, 0.29) is 31.2 Å². The largest absolute Gasteiger partial charge is 0.336 e. The third-order valence-corrected chi connectivity index (χ3v) is 4.78. The monoisotopic (exact) mass is 326 g/mol. The number of halogens is 2. The zero-order valence-corrected chi connectivity index (χ0v) is 13.2. The zero-order chi connectivity index (χ0) is 16.8. The molecule has 0 saturated carbocycles. The van der Waals surface area contributed by atoms with Gasteiger partial charge in [-0.15, -0.1) is 0 Å². The van der Waals surface area contributed by atoms with Crippen molar-refractivity contribution in [3.05, 3.63) is 18.2 Å². The van der Waals surface area contributed by atoms with Gasteiger partial charge < -0.3 is 14.4 Å². The van der Waals surface area contributed by atoms with Gasteiger partial charge in [0.2, 0.25) is 11.8 Å². The Hall–Kier alpha value is -1.99. The van der Waals surface area contributed by atoms with Crippen molar-refractivity contribution in [3.63, 3.8) is 0 Å². The van der Waals surface area contributed by atoms with Gasteiger partial charge in [-0.3, -0.25) is 9.59 Å². The molecule has 0 unspecified atom stereocenters. The molecule has 3 rings (SSSR count). The van der Waals surface area contributed by atoms with E-state index in [1.807, 2.05) is 0 Å². The quantitative estimate of drug-likeness (QED) is 0.820. The predicted octanol–water partition coefficient (Wildman–Crippen LogP) is 1.20. The fraction of sp³-hybridized carbons (Fsp3) is 0.667. The van der Waals surface area contributed by atoms with Crippen LogP contribution in [0.2, 0.25) is 0 Å². The highest BCUT2D eigenvalue weighted by Crippen LogP contribution is 2.37. The van der Waals surface area contributed by atoms with Gasteiger partial charge in [-0.1, -0.05) is 0 Å². The summed E-state index contributed by atoms with van der Waals surface area (Å²) < 4.78 is 28.6. The van der Waals surface area contributed by atoms with Crippen LogP contribution in [0.25, 0.3) is 0 Å². The number of hydrogen-bond acceptors (Lipinski definition) is 3. The Morgan fingerprint density at radius 2 is 2.13 bits per heavy atom. The van der Waals surface area contributed by atoms with Gasteiger partial charge in [-0.2, -0.15) is 0 Å². The van der Waals surface area contributed by atoms with E-state index in [9.17, 15) is 18.4 Å². The standard InChI is InChI=1S/C15H20F2N4O2/c1-19-8-6-18-13(19)12-10(3-4-11(22)20(12)2)14(23)21-7-5-15(16,17)9-21/h6,8,10,12H,3-5,7,9H2,1-2H3/t10-,12-/m0/s1. The average Bonchev–Trinajstić information content (AvgIpc) is 3.06. The van der Waals surface area contributed by atoms with Crippen LogP contribution in [0.1, 0.15) is 31.1 Å². The number of amides is 2. The first-order valence-electron chi connectivity index (χ1n) is 7.70. The minimum Gasteiger partial charge on any atom is -0.336 e. The number of likely N-dealkylation sites (tertiary alicyclic amines) is 2. The fourth-order valence-corrected chi connectivity index (χ4v) is 3.47. The summed E-state index contributed by atoms with van der Waals surface area (Å²) in [6.07, 6.45) is 3.66. The highest BCUT2D eigenvalue weighted by molar-refractivity contribution is 5.85. The Morgan fingerprint density at radius 3 is 2.70 bits per heavy atom. The van der Waals surface area contributed by atoms with E-state index >= 15 is 0 Å². The van der Waals surface area contributed by atoms with Crippen molar-refractivity contribution >= 4 is 11.8 Å². The molecular formula is C15H20F2N4O2. The van der Waals surface area contributed by atoms with Crippen LogP contribution in [-0.4, -0.2) is 57.2 Å². The first-order chi connectivity index (χ1) is 10.8. The first-order valence-corrected chi connectivity index (χ1v) is 7.70. The van der Waals surface area contributed by atoms with Crippen LogP contribution in [0, 0.1) is 5.92 Å². The Kier molecular flexibility index (Phi) is 3.85. The minimum absolute atomic E-state index is 0.0613. The Morgan fingerprint density at radius 1 is 1.39 bits per heavy atom. The molecule has 0 aromatic carbocycles. The summed E-state index contributed by atoms with van der Waals surface area (Å²) in [5, 5.41) is 0. The number of aromatic nitrogens is 2. The van der Waals surface area contributed by atoms with Crippen LogP contribution in [0.4, 0.5) is 8.78 Å². The molecule has 3 heterocycles. The number of piperidine rings is 1. The second kappa shape index (κ2) is 5.58. The number of nitrogens with zero attached hydrogens (tertiary/aromatic N) is 4. The van der Waals surface area contributed by atoms with Crippen molar-refractivity contribution in [1.82, 2.24) is 19.4 Å². The zero-order valence-electron chi connectivity index (χ0n) is 13.2. The highest BCUT2D eigenvalue weighted by Gasteiger charge is 2.46. The lowest BCUT2D eigenvalue weighted by molar-refractivity contribution is -0.147. The molecule has 23 heavy (non-hydrogen) atoms. The molecule has 2 fully saturated rings. The third kappa shape index (κ3) is 2.82. The van der Waals surface area contributed by atoms with Crippen molar-refractivity contribution < 1.29 is 18.4 Å². The van der Waals surface area contributed by atoms with Crippen molar-refractivity contribution in [2.75, 3.05) is 20.1 Å². The summed E-state index contributed by atoms with van der Waals surface area (Å²) in [6.45, 7) is -0.472. The lowest BCUT2D eigenvalue weighted by Crippen LogP contribution is -2.48. The predicted molar refractivity (Wildman–Crippen MR) is 77.6 cm³/mol. The minimum atomic E-state index is -2.81. The Bertz CT molecular complexity index is 631. The third-order valence-electron chi connectivity index (χ3n) is 4.78. The van der Waals surface area contributed by atoms with Crippen LogP contribution >= 0.6 is 0 Å². The molecule has 2 amide bonds. The molecule has 2 aliphatic rings. The fourth-order valence-electron chi connectivity index (χ4n) is 3.47. The normalized spacial score (nSPS) is 27.6. The smallest absolute Gasteiger partial charge is 0.267 e. The molecule has 0 N–H and O–H groups in total. The number of alkyl halides is 2. The Balaban J connectivity index is 1.88. The van der Waals surface area contributed by atoms with Crippen LogP contribution in [0.3, 0.4) is 0 Å². The van der Waals surface area contributed by atoms with Gasteiger partial charge in [-0.05, 0) is 6.42 Å². The lowest BCUT2D eigenvalue weighted by Gasteiger charge is -2.39. The maximum atomic E-state index is 13.4. The van der Waals surface area contributed by atoms with Gasteiger partial charge in [0.1, 0.15) is 11.9 Å². The molecule has 126 valence electrons. The van der Waals surface area contributed by atoms with Gasteiger partial charge in [-0.25, -0.2) is 13.8 Å². The number of rotatable bonds is 2. The van der Waals surface area contributed by atoms with Gasteiger partial charge >= 0.3 is 0 Å². The maximum Gasteiger partial charge on any atom is 0.267 e. The summed E-state index contributed by atoms with van der Waals surface area (Å²) in [5.41, 5.74) is 0. The summed E-state index contributed by atoms with van der Waals surface area (Å²) in [6, 6.07) is -0.516. The second-order valence-electron chi connectivity index (χ2n) is 6.36. The Labute approximate surface area is 133 Å². The van der Waals surface area contributed by atoms with Crippen molar-refractivity contribution in [3.8, 4) is 0 Å². The maximum absolute atomic E-state index is 13.4. The number of imidazole rings is 1. The molecule has 0 radical (unpaired) electrons. The van der Waals surface area contributed by atoms with E-state index in [1.165, 1.54) is 9.80 Å². The van der Waals surface area contributed by atoms with E-state index in [0.29, 0.717) is 12.2 Å². The summed E-state index contributed by atoms with van der Waals surface area (Å²) in [5.74, 6) is -3.12.